The third-order valence-electron chi connectivity index (χ3n) is 10.2. The van der Waals surface area contributed by atoms with Gasteiger partial charge in [0.25, 0.3) is 5.91 Å². The zero-order valence-corrected chi connectivity index (χ0v) is 19.9. The zero-order valence-electron chi connectivity index (χ0n) is 19.9. The summed E-state index contributed by atoms with van der Waals surface area (Å²) in [5, 5.41) is 23.5. The second-order valence-corrected chi connectivity index (χ2v) is 11.8. The molecule has 2 saturated heterocycles. The van der Waals surface area contributed by atoms with Crippen molar-refractivity contribution >= 4 is 11.8 Å². The van der Waals surface area contributed by atoms with Gasteiger partial charge in [0.05, 0.1) is 38.0 Å². The maximum atomic E-state index is 13.2. The van der Waals surface area contributed by atoms with Crippen LogP contribution in [0, 0.1) is 5.92 Å². The van der Waals surface area contributed by atoms with Gasteiger partial charge in [-0.15, -0.1) is 0 Å². The van der Waals surface area contributed by atoms with Crippen molar-refractivity contribution in [1.29, 1.82) is 0 Å². The second kappa shape index (κ2) is 6.43. The molecule has 6 aliphatic rings. The van der Waals surface area contributed by atoms with Crippen LogP contribution in [0.25, 0.3) is 0 Å². The number of allylic oxidation sites excluding steroid dienone is 1. The number of phenolic OH excluding ortho intramolecular Hbond substituents is 1. The molecule has 34 heavy (non-hydrogen) atoms. The van der Waals surface area contributed by atoms with Crippen LogP contribution in [0.5, 0.6) is 11.5 Å². The minimum Gasteiger partial charge on any atom is -0.504 e. The molecule has 0 radical (unpaired) electrons. The Balaban J connectivity index is 1.40. The summed E-state index contributed by atoms with van der Waals surface area (Å²) in [4.78, 5) is 27.6. The van der Waals surface area contributed by atoms with Crippen molar-refractivity contribution in [2.45, 2.75) is 81.1 Å². The molecule has 3 aliphatic heterocycles. The Hall–Kier alpha value is -2.38. The molecular formula is C27H33N2O5+. The van der Waals surface area contributed by atoms with E-state index in [-0.39, 0.29) is 30.0 Å². The van der Waals surface area contributed by atoms with Crippen molar-refractivity contribution in [3.63, 3.8) is 0 Å². The van der Waals surface area contributed by atoms with E-state index < -0.39 is 23.2 Å². The number of ether oxygens (including phenoxy) is 1. The number of carbonyl (C=O) groups excluding carboxylic acids is 2. The fourth-order valence-electron chi connectivity index (χ4n) is 8.55. The minimum atomic E-state index is -1.00. The lowest BCUT2D eigenvalue weighted by Gasteiger charge is -2.66. The molecule has 2 saturated carbocycles. The predicted octanol–water partition coefficient (Wildman–Crippen LogP) is 2.17. The molecule has 180 valence electrons. The van der Waals surface area contributed by atoms with Gasteiger partial charge in [0.15, 0.2) is 11.5 Å². The molecule has 1 spiro atoms. The van der Waals surface area contributed by atoms with Crippen LogP contribution in [-0.4, -0.2) is 75.3 Å². The number of benzene rings is 1. The number of aliphatic hydroxyl groups is 1. The molecule has 2 unspecified atom stereocenters. The topological polar surface area (TPSA) is 87.1 Å². The fraction of sp³-hybridized carbons (Fsp3) is 0.630. The van der Waals surface area contributed by atoms with Gasteiger partial charge in [0.1, 0.15) is 17.7 Å². The first-order valence-corrected chi connectivity index (χ1v) is 12.8. The summed E-state index contributed by atoms with van der Waals surface area (Å²) in [5.41, 5.74) is 0.879. The average molecular weight is 466 g/mol. The van der Waals surface area contributed by atoms with E-state index in [1.54, 1.807) is 19.1 Å². The Morgan fingerprint density at radius 1 is 1.24 bits per heavy atom. The number of hydrogen-bond acceptors (Lipinski definition) is 5. The summed E-state index contributed by atoms with van der Waals surface area (Å²) in [5.74, 6) is 0.851. The number of likely N-dealkylation sites (tertiary alicyclic amines) is 2. The lowest BCUT2D eigenvalue weighted by atomic mass is 9.47. The van der Waals surface area contributed by atoms with Crippen LogP contribution in [0.2, 0.25) is 0 Å². The molecule has 4 fully saturated rings. The largest absolute Gasteiger partial charge is 0.504 e. The van der Waals surface area contributed by atoms with Crippen LogP contribution in [0.3, 0.4) is 0 Å². The Bertz CT molecular complexity index is 1170. The number of piperidine rings is 1. The standard InChI is InChI=1S/C27H32N2O5/c1-3-16-13-21(31)28(25(16)32)18-8-9-27(33)20-12-17-6-7-19(30)23-22(17)26(27,24(18)34-23)10-11-29(20,2)14-15-4-5-15/h3,6-7,15,18,20,24,33H,4-5,8-14H2,1-2H3/p+1/b16-3+/t18-,20-,24+,26+,27?,29?/m1/s1. The quantitative estimate of drug-likeness (QED) is 0.406. The number of amides is 2. The van der Waals surface area contributed by atoms with Gasteiger partial charge in [-0.1, -0.05) is 12.1 Å². The van der Waals surface area contributed by atoms with Crippen molar-refractivity contribution in [2.24, 2.45) is 5.92 Å². The van der Waals surface area contributed by atoms with Crippen molar-refractivity contribution in [1.82, 2.24) is 4.90 Å². The number of hydrogen-bond donors (Lipinski definition) is 2. The lowest BCUT2D eigenvalue weighted by Crippen LogP contribution is -2.82. The van der Waals surface area contributed by atoms with Gasteiger partial charge in [0.2, 0.25) is 5.91 Å². The van der Waals surface area contributed by atoms with Gasteiger partial charge >= 0.3 is 0 Å². The maximum absolute atomic E-state index is 13.2. The van der Waals surface area contributed by atoms with E-state index in [1.165, 1.54) is 17.7 Å². The Morgan fingerprint density at radius 2 is 2.03 bits per heavy atom. The average Bonchev–Trinajstić information content (AvgIpc) is 3.46. The summed E-state index contributed by atoms with van der Waals surface area (Å²) >= 11 is 0. The molecule has 7 rings (SSSR count). The number of rotatable bonds is 3. The Kier molecular flexibility index (Phi) is 3.96. The van der Waals surface area contributed by atoms with Crippen LogP contribution in [0.4, 0.5) is 0 Å². The van der Waals surface area contributed by atoms with Gasteiger partial charge < -0.3 is 19.4 Å². The molecule has 6 atom stereocenters. The number of quaternary nitrogens is 1. The number of carbonyl (C=O) groups is 2. The second-order valence-electron chi connectivity index (χ2n) is 11.8. The monoisotopic (exact) mass is 465 g/mol. The summed E-state index contributed by atoms with van der Waals surface area (Å²) < 4.78 is 7.41. The molecule has 7 heteroatoms. The smallest absolute Gasteiger partial charge is 0.256 e. The summed E-state index contributed by atoms with van der Waals surface area (Å²) in [6.45, 7) is 3.80. The SMILES string of the molecule is C/C=C1\CC(=O)N([C@@H]2CCC3(O)[C@H]4Cc5ccc(O)c6c5[C@@]3(CC[N+]4(C)CC3CC3)[C@H]2O6)C1=O. The van der Waals surface area contributed by atoms with Crippen LogP contribution in [-0.2, 0) is 21.4 Å². The van der Waals surface area contributed by atoms with Crippen LogP contribution in [0.15, 0.2) is 23.8 Å². The number of aromatic hydroxyl groups is 1. The molecule has 1 aromatic rings. The van der Waals surface area contributed by atoms with Crippen molar-refractivity contribution < 1.29 is 29.0 Å². The number of nitrogens with zero attached hydrogens (tertiary/aromatic N) is 2. The van der Waals surface area contributed by atoms with E-state index in [9.17, 15) is 19.8 Å². The van der Waals surface area contributed by atoms with Crippen molar-refractivity contribution in [3.05, 3.63) is 34.9 Å². The van der Waals surface area contributed by atoms with Gasteiger partial charge in [-0.2, -0.15) is 0 Å². The van der Waals surface area contributed by atoms with E-state index in [2.05, 4.69) is 7.05 Å². The third kappa shape index (κ3) is 2.30. The summed E-state index contributed by atoms with van der Waals surface area (Å²) in [6.07, 6.45) is 6.38. The molecule has 0 aromatic heterocycles. The first-order chi connectivity index (χ1) is 16.2. The van der Waals surface area contributed by atoms with Crippen molar-refractivity contribution in [3.8, 4) is 11.5 Å². The van der Waals surface area contributed by atoms with Gasteiger partial charge in [0, 0.05) is 29.9 Å². The van der Waals surface area contributed by atoms with Gasteiger partial charge in [-0.05, 0) is 44.2 Å². The molecule has 3 aliphatic carbocycles. The molecule has 1 aromatic carbocycles. The molecule has 2 amide bonds. The van der Waals surface area contributed by atoms with E-state index in [4.69, 9.17) is 4.74 Å². The maximum Gasteiger partial charge on any atom is 0.256 e. The highest BCUT2D eigenvalue weighted by molar-refractivity contribution is 6.13. The first kappa shape index (κ1) is 20.9. The summed E-state index contributed by atoms with van der Waals surface area (Å²) in [7, 11) is 2.31. The fourth-order valence-corrected chi connectivity index (χ4v) is 8.55. The van der Waals surface area contributed by atoms with Gasteiger partial charge in [-0.25, -0.2) is 0 Å². The van der Waals surface area contributed by atoms with Crippen LogP contribution in [0.1, 0.15) is 56.6 Å². The lowest BCUT2D eigenvalue weighted by molar-refractivity contribution is -0.950. The normalized spacial score (nSPS) is 43.3. The highest BCUT2D eigenvalue weighted by Gasteiger charge is 2.77. The first-order valence-electron chi connectivity index (χ1n) is 12.8. The molecular weight excluding hydrogens is 432 g/mol. The van der Waals surface area contributed by atoms with E-state index in [0.29, 0.717) is 24.2 Å². The van der Waals surface area contributed by atoms with Crippen LogP contribution >= 0.6 is 0 Å². The van der Waals surface area contributed by atoms with E-state index in [1.807, 2.05) is 6.07 Å². The van der Waals surface area contributed by atoms with E-state index >= 15 is 0 Å². The number of imide groups is 1. The molecule has 2 bridgehead atoms. The van der Waals surface area contributed by atoms with Crippen LogP contribution < -0.4 is 4.74 Å². The minimum absolute atomic E-state index is 0.0352. The Labute approximate surface area is 199 Å². The highest BCUT2D eigenvalue weighted by atomic mass is 16.5. The van der Waals surface area contributed by atoms with Crippen molar-refractivity contribution in [2.75, 3.05) is 20.1 Å². The van der Waals surface area contributed by atoms with Gasteiger partial charge in [-0.3, -0.25) is 14.5 Å². The molecule has 7 nitrogen and oxygen atoms in total. The molecule has 3 heterocycles. The molecule has 2 N–H and O–H groups in total. The number of likely N-dealkylation sites (N-methyl/N-ethyl adjacent to an activating group) is 1. The predicted molar refractivity (Wildman–Crippen MR) is 123 cm³/mol. The van der Waals surface area contributed by atoms with E-state index in [0.717, 1.165) is 47.5 Å². The highest BCUT2D eigenvalue weighted by Crippen LogP contribution is 2.67. The third-order valence-corrected chi connectivity index (χ3v) is 10.2. The number of phenols is 1. The summed E-state index contributed by atoms with van der Waals surface area (Å²) in [6, 6.07) is 3.28. The zero-order chi connectivity index (χ0) is 23.6. The Morgan fingerprint density at radius 3 is 2.74 bits per heavy atom.